The summed E-state index contributed by atoms with van der Waals surface area (Å²) in [5.74, 6) is 1.88. The smallest absolute Gasteiger partial charge is 0.139 e. The summed E-state index contributed by atoms with van der Waals surface area (Å²) < 4.78 is 13.5. The first kappa shape index (κ1) is 13.3. The van der Waals surface area contributed by atoms with E-state index in [-0.39, 0.29) is 5.82 Å². The molecular weight excluding hydrogens is 243 g/mol. The first-order valence-electron chi connectivity index (χ1n) is 6.08. The molecule has 0 bridgehead atoms. The van der Waals surface area contributed by atoms with Crippen molar-refractivity contribution in [3.63, 3.8) is 0 Å². The second kappa shape index (κ2) is 5.22. The van der Waals surface area contributed by atoms with E-state index in [1.165, 1.54) is 6.07 Å². The van der Waals surface area contributed by atoms with Gasteiger partial charge in [-0.2, -0.15) is 0 Å². The van der Waals surface area contributed by atoms with Gasteiger partial charge in [-0.25, -0.2) is 14.4 Å². The molecule has 1 heterocycles. The van der Waals surface area contributed by atoms with Crippen LogP contribution in [0.4, 0.5) is 21.7 Å². The Hall–Kier alpha value is -2.17. The molecule has 1 aromatic heterocycles. The van der Waals surface area contributed by atoms with Crippen molar-refractivity contribution in [3.05, 3.63) is 41.0 Å². The molecule has 2 rings (SSSR count). The third-order valence-electron chi connectivity index (χ3n) is 3.02. The van der Waals surface area contributed by atoms with E-state index in [2.05, 4.69) is 20.6 Å². The molecule has 19 heavy (non-hydrogen) atoms. The van der Waals surface area contributed by atoms with Gasteiger partial charge in [0.1, 0.15) is 23.3 Å². The second-order valence-corrected chi connectivity index (χ2v) is 4.38. The maximum Gasteiger partial charge on any atom is 0.139 e. The lowest BCUT2D eigenvalue weighted by atomic mass is 10.2. The number of nitrogens with zero attached hydrogens (tertiary/aromatic N) is 2. The molecule has 2 N–H and O–H groups in total. The van der Waals surface area contributed by atoms with Gasteiger partial charge in [0.2, 0.25) is 0 Å². The summed E-state index contributed by atoms with van der Waals surface area (Å²) in [6.07, 6.45) is 0. The minimum Gasteiger partial charge on any atom is -0.373 e. The molecule has 0 spiro atoms. The fraction of sp³-hybridized carbons (Fsp3) is 0.286. The lowest BCUT2D eigenvalue weighted by Gasteiger charge is -2.14. The highest BCUT2D eigenvalue weighted by Crippen LogP contribution is 2.26. The maximum atomic E-state index is 13.5. The fourth-order valence-corrected chi connectivity index (χ4v) is 1.86. The lowest BCUT2D eigenvalue weighted by molar-refractivity contribution is 0.619. The highest BCUT2D eigenvalue weighted by atomic mass is 19.1. The lowest BCUT2D eigenvalue weighted by Crippen LogP contribution is -2.06. The molecular formula is C14H17FN4. The van der Waals surface area contributed by atoms with Crippen molar-refractivity contribution in [1.29, 1.82) is 0 Å². The number of nitrogens with one attached hydrogen (secondary N) is 2. The first-order valence-corrected chi connectivity index (χ1v) is 6.08. The van der Waals surface area contributed by atoms with Gasteiger partial charge in [0.15, 0.2) is 0 Å². The molecule has 0 aliphatic heterocycles. The average Bonchev–Trinajstić information content (AvgIpc) is 2.38. The van der Waals surface area contributed by atoms with Gasteiger partial charge in [0, 0.05) is 23.9 Å². The SMILES string of the molecule is CNc1nc(C)nc(Nc2cccc(F)c2C)c1C. The number of aryl methyl sites for hydroxylation is 1. The highest BCUT2D eigenvalue weighted by molar-refractivity contribution is 5.66. The summed E-state index contributed by atoms with van der Waals surface area (Å²) >= 11 is 0. The minimum atomic E-state index is -0.234. The van der Waals surface area contributed by atoms with Crippen LogP contribution in [-0.2, 0) is 0 Å². The zero-order chi connectivity index (χ0) is 14.0. The quantitative estimate of drug-likeness (QED) is 0.888. The topological polar surface area (TPSA) is 49.8 Å². The Morgan fingerprint density at radius 1 is 1.00 bits per heavy atom. The van der Waals surface area contributed by atoms with E-state index in [4.69, 9.17) is 0 Å². The molecule has 0 saturated heterocycles. The Kier molecular flexibility index (Phi) is 3.64. The molecule has 4 nitrogen and oxygen atoms in total. The monoisotopic (exact) mass is 260 g/mol. The summed E-state index contributed by atoms with van der Waals surface area (Å²) in [7, 11) is 1.81. The van der Waals surface area contributed by atoms with Crippen LogP contribution in [0.5, 0.6) is 0 Å². The predicted octanol–water partition coefficient (Wildman–Crippen LogP) is 3.33. The van der Waals surface area contributed by atoms with Crippen LogP contribution in [0.2, 0.25) is 0 Å². The van der Waals surface area contributed by atoms with Crippen LogP contribution in [0.3, 0.4) is 0 Å². The average molecular weight is 260 g/mol. The summed E-state index contributed by atoms with van der Waals surface area (Å²) in [6, 6.07) is 4.94. The van der Waals surface area contributed by atoms with Gasteiger partial charge in [-0.05, 0) is 32.9 Å². The van der Waals surface area contributed by atoms with Crippen LogP contribution in [0.25, 0.3) is 0 Å². The van der Waals surface area contributed by atoms with Gasteiger partial charge >= 0.3 is 0 Å². The van der Waals surface area contributed by atoms with E-state index in [0.29, 0.717) is 22.9 Å². The molecule has 0 aliphatic carbocycles. The van der Waals surface area contributed by atoms with Crippen molar-refractivity contribution in [1.82, 2.24) is 9.97 Å². The van der Waals surface area contributed by atoms with Crippen LogP contribution >= 0.6 is 0 Å². The molecule has 100 valence electrons. The van der Waals surface area contributed by atoms with Crippen molar-refractivity contribution in [2.45, 2.75) is 20.8 Å². The number of halogens is 1. The molecule has 2 aromatic rings. The van der Waals surface area contributed by atoms with Crippen LogP contribution in [0, 0.1) is 26.6 Å². The van der Waals surface area contributed by atoms with Gasteiger partial charge in [0.25, 0.3) is 0 Å². The third kappa shape index (κ3) is 2.65. The van der Waals surface area contributed by atoms with E-state index in [0.717, 1.165) is 11.4 Å². The van der Waals surface area contributed by atoms with E-state index in [1.54, 1.807) is 13.0 Å². The van der Waals surface area contributed by atoms with E-state index in [1.807, 2.05) is 27.0 Å². The zero-order valence-corrected chi connectivity index (χ0v) is 11.5. The Balaban J connectivity index is 2.43. The largest absolute Gasteiger partial charge is 0.373 e. The highest BCUT2D eigenvalue weighted by Gasteiger charge is 2.10. The van der Waals surface area contributed by atoms with Gasteiger partial charge in [0.05, 0.1) is 0 Å². The molecule has 0 atom stereocenters. The Bertz CT molecular complexity index is 611. The van der Waals surface area contributed by atoms with Gasteiger partial charge in [-0.15, -0.1) is 0 Å². The van der Waals surface area contributed by atoms with Crippen LogP contribution < -0.4 is 10.6 Å². The fourth-order valence-electron chi connectivity index (χ4n) is 1.86. The van der Waals surface area contributed by atoms with Gasteiger partial charge < -0.3 is 10.6 Å². The standard InChI is InChI=1S/C14H17FN4/c1-8-11(15)6-5-7-12(8)19-14-9(2)13(16-4)17-10(3)18-14/h5-7H,1-4H3,(H2,16,17,18,19). The molecule has 0 fully saturated rings. The van der Waals surface area contributed by atoms with Gasteiger partial charge in [-0.3, -0.25) is 0 Å². The predicted molar refractivity (Wildman–Crippen MR) is 75.5 cm³/mol. The number of rotatable bonds is 3. The van der Waals surface area contributed by atoms with E-state index < -0.39 is 0 Å². The van der Waals surface area contributed by atoms with E-state index >= 15 is 0 Å². The Labute approximate surface area is 112 Å². The minimum absolute atomic E-state index is 0.234. The van der Waals surface area contributed by atoms with E-state index in [9.17, 15) is 4.39 Å². The zero-order valence-electron chi connectivity index (χ0n) is 11.5. The molecule has 5 heteroatoms. The van der Waals surface area contributed by atoms with Crippen molar-refractivity contribution in [2.75, 3.05) is 17.7 Å². The number of anilines is 3. The molecule has 0 radical (unpaired) electrons. The number of hydrogen-bond acceptors (Lipinski definition) is 4. The Morgan fingerprint density at radius 3 is 2.37 bits per heavy atom. The second-order valence-electron chi connectivity index (χ2n) is 4.38. The summed E-state index contributed by atoms with van der Waals surface area (Å²) in [5.41, 5.74) is 2.18. The number of hydrogen-bond donors (Lipinski definition) is 2. The van der Waals surface area contributed by atoms with Crippen LogP contribution in [-0.4, -0.2) is 17.0 Å². The molecule has 0 amide bonds. The number of benzene rings is 1. The Morgan fingerprint density at radius 2 is 1.68 bits per heavy atom. The van der Waals surface area contributed by atoms with Crippen LogP contribution in [0.15, 0.2) is 18.2 Å². The first-order chi connectivity index (χ1) is 9.02. The molecule has 0 saturated carbocycles. The van der Waals surface area contributed by atoms with Crippen molar-refractivity contribution in [3.8, 4) is 0 Å². The third-order valence-corrected chi connectivity index (χ3v) is 3.02. The maximum absolute atomic E-state index is 13.5. The van der Waals surface area contributed by atoms with Crippen LogP contribution in [0.1, 0.15) is 17.0 Å². The summed E-state index contributed by atoms with van der Waals surface area (Å²) in [5, 5.41) is 6.19. The molecule has 1 aromatic carbocycles. The molecule has 0 unspecified atom stereocenters. The summed E-state index contributed by atoms with van der Waals surface area (Å²) in [6.45, 7) is 5.48. The normalized spacial score (nSPS) is 10.4. The van der Waals surface area contributed by atoms with Crippen molar-refractivity contribution in [2.24, 2.45) is 0 Å². The van der Waals surface area contributed by atoms with Crippen molar-refractivity contribution < 1.29 is 4.39 Å². The number of aromatic nitrogens is 2. The van der Waals surface area contributed by atoms with Gasteiger partial charge in [-0.1, -0.05) is 6.07 Å². The van der Waals surface area contributed by atoms with Crippen molar-refractivity contribution >= 4 is 17.3 Å². The summed E-state index contributed by atoms with van der Waals surface area (Å²) in [4.78, 5) is 8.66. The molecule has 0 aliphatic rings.